The summed E-state index contributed by atoms with van der Waals surface area (Å²) in [7, 11) is -3.20. The van der Waals surface area contributed by atoms with Crippen LogP contribution in [0, 0.1) is 11.6 Å². The highest BCUT2D eigenvalue weighted by Gasteiger charge is 2.24. The molecule has 1 heterocycles. The van der Waals surface area contributed by atoms with Crippen molar-refractivity contribution < 1.29 is 17.2 Å². The highest BCUT2D eigenvalue weighted by atomic mass is 32.2. The van der Waals surface area contributed by atoms with E-state index in [2.05, 4.69) is 0 Å². The van der Waals surface area contributed by atoms with E-state index in [1.165, 1.54) is 16.4 Å². The molecule has 0 unspecified atom stereocenters. The average molecular weight is 276 g/mol. The third-order valence-electron chi connectivity index (χ3n) is 2.96. The smallest absolute Gasteiger partial charge is 0.211 e. The molecular weight excluding hydrogens is 262 g/mol. The molecule has 0 spiro atoms. The van der Waals surface area contributed by atoms with E-state index in [-0.39, 0.29) is 0 Å². The number of hydrogen-bond donors (Lipinski definition) is 0. The Hall–Kier alpha value is -1.21. The molecule has 7 heteroatoms. The highest BCUT2D eigenvalue weighted by Crippen LogP contribution is 2.21. The van der Waals surface area contributed by atoms with Crippen molar-refractivity contribution in [3.8, 4) is 0 Å². The zero-order valence-electron chi connectivity index (χ0n) is 9.94. The van der Waals surface area contributed by atoms with Gasteiger partial charge in [0.05, 0.1) is 11.9 Å². The average Bonchev–Trinajstić information content (AvgIpc) is 2.28. The first-order chi connectivity index (χ1) is 8.38. The summed E-state index contributed by atoms with van der Waals surface area (Å²) < 4.78 is 50.3. The maximum absolute atomic E-state index is 13.6. The van der Waals surface area contributed by atoms with Crippen molar-refractivity contribution in [2.45, 2.75) is 0 Å². The molecule has 1 aromatic rings. The minimum atomic E-state index is -3.20. The number of hydrogen-bond acceptors (Lipinski definition) is 3. The lowest BCUT2D eigenvalue weighted by molar-refractivity contribution is 0.386. The summed E-state index contributed by atoms with van der Waals surface area (Å²) in [5.74, 6) is -1.24. The molecule has 1 aromatic carbocycles. The van der Waals surface area contributed by atoms with E-state index in [0.717, 1.165) is 12.3 Å². The Morgan fingerprint density at radius 2 is 1.72 bits per heavy atom. The fourth-order valence-electron chi connectivity index (χ4n) is 2.00. The Bertz CT molecular complexity index is 540. The van der Waals surface area contributed by atoms with Crippen molar-refractivity contribution >= 4 is 15.7 Å². The molecule has 0 saturated carbocycles. The fraction of sp³-hybridized carbons (Fsp3) is 0.455. The molecule has 0 radical (unpaired) electrons. The molecule has 0 aliphatic carbocycles. The minimum Gasteiger partial charge on any atom is -0.367 e. The first kappa shape index (κ1) is 13.2. The number of rotatable bonds is 2. The molecule has 4 nitrogen and oxygen atoms in total. The second kappa shape index (κ2) is 4.81. The number of sulfonamides is 1. The largest absolute Gasteiger partial charge is 0.367 e. The molecule has 18 heavy (non-hydrogen) atoms. The standard InChI is InChI=1S/C11H14F2N2O2S/c1-18(16,17)15-6-4-14(5-7-15)11-3-2-9(12)8-10(11)13/h2-3,8H,4-7H2,1H3. The van der Waals surface area contributed by atoms with E-state index in [4.69, 9.17) is 0 Å². The number of anilines is 1. The lowest BCUT2D eigenvalue weighted by Crippen LogP contribution is -2.48. The number of piperazine rings is 1. The van der Waals surface area contributed by atoms with Crippen LogP contribution in [0.1, 0.15) is 0 Å². The molecule has 1 aliphatic rings. The third-order valence-corrected chi connectivity index (χ3v) is 4.26. The maximum atomic E-state index is 13.6. The zero-order chi connectivity index (χ0) is 13.3. The monoisotopic (exact) mass is 276 g/mol. The van der Waals surface area contributed by atoms with Crippen LogP contribution in [-0.4, -0.2) is 45.2 Å². The molecule has 2 rings (SSSR count). The van der Waals surface area contributed by atoms with Gasteiger partial charge in [0.2, 0.25) is 10.0 Å². The van der Waals surface area contributed by atoms with Crippen LogP contribution in [0.25, 0.3) is 0 Å². The molecule has 1 aliphatic heterocycles. The SMILES string of the molecule is CS(=O)(=O)N1CCN(c2ccc(F)cc2F)CC1. The Balaban J connectivity index is 2.10. The van der Waals surface area contributed by atoms with Gasteiger partial charge in [-0.2, -0.15) is 4.31 Å². The van der Waals surface area contributed by atoms with Crippen molar-refractivity contribution in [1.82, 2.24) is 4.31 Å². The van der Waals surface area contributed by atoms with E-state index >= 15 is 0 Å². The second-order valence-corrected chi connectivity index (χ2v) is 6.23. The number of halogens is 2. The summed E-state index contributed by atoms with van der Waals surface area (Å²) >= 11 is 0. The van der Waals surface area contributed by atoms with Gasteiger partial charge in [0, 0.05) is 32.2 Å². The third kappa shape index (κ3) is 2.78. The topological polar surface area (TPSA) is 40.6 Å². The van der Waals surface area contributed by atoms with Gasteiger partial charge in [-0.25, -0.2) is 17.2 Å². The molecule has 0 N–H and O–H groups in total. The minimum absolute atomic E-state index is 0.310. The Kier molecular flexibility index (Phi) is 3.54. The predicted octanol–water partition coefficient (Wildman–Crippen LogP) is 1.05. The van der Waals surface area contributed by atoms with Gasteiger partial charge in [-0.15, -0.1) is 0 Å². The van der Waals surface area contributed by atoms with Crippen molar-refractivity contribution in [2.24, 2.45) is 0 Å². The van der Waals surface area contributed by atoms with Gasteiger partial charge >= 0.3 is 0 Å². The lowest BCUT2D eigenvalue weighted by Gasteiger charge is -2.34. The van der Waals surface area contributed by atoms with Crippen LogP contribution in [0.4, 0.5) is 14.5 Å². The first-order valence-corrected chi connectivity index (χ1v) is 7.38. The molecule has 1 saturated heterocycles. The van der Waals surface area contributed by atoms with Gasteiger partial charge in [0.1, 0.15) is 11.6 Å². The quantitative estimate of drug-likeness (QED) is 0.810. The van der Waals surface area contributed by atoms with Gasteiger partial charge in [0.15, 0.2) is 0 Å². The second-order valence-electron chi connectivity index (χ2n) is 4.24. The van der Waals surface area contributed by atoms with Crippen LogP contribution in [0.5, 0.6) is 0 Å². The van der Waals surface area contributed by atoms with Crippen LogP contribution in [0.2, 0.25) is 0 Å². The molecule has 0 bridgehead atoms. The maximum Gasteiger partial charge on any atom is 0.211 e. The van der Waals surface area contributed by atoms with E-state index in [1.807, 2.05) is 0 Å². The van der Waals surface area contributed by atoms with Crippen LogP contribution in [-0.2, 0) is 10.0 Å². The van der Waals surface area contributed by atoms with Crippen LogP contribution in [0.15, 0.2) is 18.2 Å². The molecule has 0 aromatic heterocycles. The highest BCUT2D eigenvalue weighted by molar-refractivity contribution is 7.88. The van der Waals surface area contributed by atoms with E-state index in [1.54, 1.807) is 4.90 Å². The summed E-state index contributed by atoms with van der Waals surface area (Å²) in [5, 5.41) is 0. The van der Waals surface area contributed by atoms with Gasteiger partial charge in [-0.05, 0) is 12.1 Å². The van der Waals surface area contributed by atoms with Gasteiger partial charge < -0.3 is 4.90 Å². The Morgan fingerprint density at radius 1 is 1.11 bits per heavy atom. The summed E-state index contributed by atoms with van der Waals surface area (Å²) in [4.78, 5) is 1.72. The molecule has 100 valence electrons. The van der Waals surface area contributed by atoms with E-state index in [0.29, 0.717) is 31.9 Å². The Morgan fingerprint density at radius 3 is 2.22 bits per heavy atom. The van der Waals surface area contributed by atoms with Crippen molar-refractivity contribution in [2.75, 3.05) is 37.3 Å². The first-order valence-electron chi connectivity index (χ1n) is 5.53. The van der Waals surface area contributed by atoms with Gasteiger partial charge in [-0.1, -0.05) is 0 Å². The lowest BCUT2D eigenvalue weighted by atomic mass is 10.2. The van der Waals surface area contributed by atoms with Crippen LogP contribution < -0.4 is 4.90 Å². The number of nitrogens with zero attached hydrogens (tertiary/aromatic N) is 2. The van der Waals surface area contributed by atoms with Crippen LogP contribution >= 0.6 is 0 Å². The summed E-state index contributed by atoms with van der Waals surface area (Å²) in [6.07, 6.45) is 1.15. The molecule has 0 atom stereocenters. The van der Waals surface area contributed by atoms with Crippen molar-refractivity contribution in [1.29, 1.82) is 0 Å². The normalized spacial score (nSPS) is 18.1. The Labute approximate surface area is 105 Å². The van der Waals surface area contributed by atoms with Gasteiger partial charge in [-0.3, -0.25) is 0 Å². The van der Waals surface area contributed by atoms with Crippen molar-refractivity contribution in [3.05, 3.63) is 29.8 Å². The summed E-state index contributed by atoms with van der Waals surface area (Å²) in [6.45, 7) is 1.43. The number of benzene rings is 1. The molecule has 0 amide bonds. The molecule has 1 fully saturated rings. The summed E-state index contributed by atoms with van der Waals surface area (Å²) in [6, 6.07) is 3.40. The van der Waals surface area contributed by atoms with Crippen molar-refractivity contribution in [3.63, 3.8) is 0 Å². The fourth-order valence-corrected chi connectivity index (χ4v) is 2.82. The predicted molar refractivity (Wildman–Crippen MR) is 65.0 cm³/mol. The zero-order valence-corrected chi connectivity index (χ0v) is 10.8. The summed E-state index contributed by atoms with van der Waals surface area (Å²) in [5.41, 5.74) is 0.310. The van der Waals surface area contributed by atoms with Gasteiger partial charge in [0.25, 0.3) is 0 Å². The molecular formula is C11H14F2N2O2S. The van der Waals surface area contributed by atoms with E-state index in [9.17, 15) is 17.2 Å². The van der Waals surface area contributed by atoms with E-state index < -0.39 is 21.7 Å². The van der Waals surface area contributed by atoms with Crippen LogP contribution in [0.3, 0.4) is 0 Å².